The Hall–Kier alpha value is -0.260. The number of hydrogen-bond donors (Lipinski definition) is 0. The molecule has 2 aromatic rings. The summed E-state index contributed by atoms with van der Waals surface area (Å²) in [5, 5.41) is 0. The first-order valence-corrected chi connectivity index (χ1v) is 9.26. The van der Waals surface area contributed by atoms with E-state index in [1.54, 1.807) is 0 Å². The van der Waals surface area contributed by atoms with E-state index in [2.05, 4.69) is 50.6 Å². The molecular formula is C14H19BrClN3S. The molecule has 0 aliphatic heterocycles. The topological polar surface area (TPSA) is 30.7 Å². The van der Waals surface area contributed by atoms with Gasteiger partial charge in [0.2, 0.25) is 0 Å². The number of fused-ring (bicyclic) bond motifs is 1. The highest BCUT2D eigenvalue weighted by Gasteiger charge is 2.27. The second-order valence-electron chi connectivity index (χ2n) is 4.84. The summed E-state index contributed by atoms with van der Waals surface area (Å²) in [6, 6.07) is 1.99. The molecule has 0 saturated carbocycles. The van der Waals surface area contributed by atoms with E-state index >= 15 is 0 Å². The Morgan fingerprint density at radius 3 is 2.65 bits per heavy atom. The third-order valence-corrected chi connectivity index (χ3v) is 6.16. The molecule has 110 valence electrons. The molecule has 20 heavy (non-hydrogen) atoms. The maximum atomic E-state index is 6.07. The molecule has 0 bridgehead atoms. The monoisotopic (exact) mass is 375 g/mol. The van der Waals surface area contributed by atoms with Crippen LogP contribution in [-0.2, 0) is 12.4 Å². The van der Waals surface area contributed by atoms with Crippen molar-refractivity contribution in [1.82, 2.24) is 14.5 Å². The number of imidazole rings is 1. The van der Waals surface area contributed by atoms with Gasteiger partial charge in [-0.25, -0.2) is 9.97 Å². The fourth-order valence-electron chi connectivity index (χ4n) is 2.42. The van der Waals surface area contributed by atoms with Crippen LogP contribution in [0.5, 0.6) is 0 Å². The molecule has 0 spiro atoms. The fraction of sp³-hybridized carbons (Fsp3) is 0.571. The van der Waals surface area contributed by atoms with Crippen LogP contribution in [-0.4, -0.2) is 25.5 Å². The van der Waals surface area contributed by atoms with Crippen molar-refractivity contribution >= 4 is 50.5 Å². The van der Waals surface area contributed by atoms with Gasteiger partial charge in [0.05, 0.1) is 5.88 Å². The second kappa shape index (κ2) is 6.67. The number of halogens is 2. The van der Waals surface area contributed by atoms with E-state index in [0.717, 1.165) is 40.8 Å². The lowest BCUT2D eigenvalue weighted by Crippen LogP contribution is -2.29. The van der Waals surface area contributed by atoms with Crippen LogP contribution in [0, 0.1) is 0 Å². The molecule has 0 radical (unpaired) electrons. The summed E-state index contributed by atoms with van der Waals surface area (Å²) in [7, 11) is 0. The first-order valence-electron chi connectivity index (χ1n) is 6.71. The first-order chi connectivity index (χ1) is 9.59. The summed E-state index contributed by atoms with van der Waals surface area (Å²) in [5.74, 6) is 1.30. The van der Waals surface area contributed by atoms with Gasteiger partial charge in [-0.3, -0.25) is 0 Å². The van der Waals surface area contributed by atoms with Crippen molar-refractivity contribution in [3.8, 4) is 0 Å². The third kappa shape index (κ3) is 3.00. The second-order valence-corrected chi connectivity index (χ2v) is 7.30. The molecule has 3 nitrogen and oxygen atoms in total. The van der Waals surface area contributed by atoms with Gasteiger partial charge < -0.3 is 4.57 Å². The van der Waals surface area contributed by atoms with Crippen LogP contribution in [0.1, 0.15) is 32.5 Å². The maximum absolute atomic E-state index is 6.07. The highest BCUT2D eigenvalue weighted by atomic mass is 79.9. The Bertz CT molecular complexity index is 587. The zero-order valence-corrected chi connectivity index (χ0v) is 15.1. The molecule has 0 unspecified atom stereocenters. The van der Waals surface area contributed by atoms with Crippen LogP contribution in [0.3, 0.4) is 0 Å². The van der Waals surface area contributed by atoms with Crippen molar-refractivity contribution in [2.45, 2.75) is 43.9 Å². The van der Waals surface area contributed by atoms with Gasteiger partial charge in [-0.1, -0.05) is 13.8 Å². The van der Waals surface area contributed by atoms with Crippen LogP contribution in [0.2, 0.25) is 0 Å². The number of rotatable bonds is 6. The number of hydrogen-bond acceptors (Lipinski definition) is 3. The van der Waals surface area contributed by atoms with Crippen LogP contribution in [0.15, 0.2) is 16.7 Å². The molecule has 0 atom stereocenters. The van der Waals surface area contributed by atoms with Gasteiger partial charge in [0, 0.05) is 22.0 Å². The molecule has 0 aliphatic carbocycles. The van der Waals surface area contributed by atoms with E-state index in [4.69, 9.17) is 11.6 Å². The van der Waals surface area contributed by atoms with Crippen molar-refractivity contribution < 1.29 is 0 Å². The first kappa shape index (κ1) is 16.1. The van der Waals surface area contributed by atoms with Crippen LogP contribution >= 0.6 is 39.3 Å². The van der Waals surface area contributed by atoms with Crippen molar-refractivity contribution in [3.05, 3.63) is 22.6 Å². The zero-order valence-electron chi connectivity index (χ0n) is 12.0. The highest BCUT2D eigenvalue weighted by Crippen LogP contribution is 2.34. The van der Waals surface area contributed by atoms with Gasteiger partial charge in [0.1, 0.15) is 11.3 Å². The Labute approximate surface area is 137 Å². The molecule has 0 aliphatic rings. The molecule has 2 heterocycles. The van der Waals surface area contributed by atoms with Gasteiger partial charge in [-0.2, -0.15) is 11.8 Å². The molecule has 0 aromatic carbocycles. The van der Waals surface area contributed by atoms with E-state index in [1.807, 2.05) is 24.0 Å². The van der Waals surface area contributed by atoms with E-state index in [9.17, 15) is 0 Å². The quantitative estimate of drug-likeness (QED) is 0.675. The van der Waals surface area contributed by atoms with Gasteiger partial charge in [-0.05, 0) is 41.1 Å². The molecule has 0 fully saturated rings. The average molecular weight is 377 g/mol. The normalized spacial score (nSPS) is 12.2. The number of aromatic nitrogens is 3. The predicted octanol–water partition coefficient (Wildman–Crippen LogP) is 4.85. The Morgan fingerprint density at radius 2 is 2.10 bits per heavy atom. The molecule has 6 heteroatoms. The summed E-state index contributed by atoms with van der Waals surface area (Å²) in [5.41, 5.74) is 1.82. The molecule has 0 saturated heterocycles. The number of pyridine rings is 1. The summed E-state index contributed by atoms with van der Waals surface area (Å²) < 4.78 is 3.33. The smallest absolute Gasteiger partial charge is 0.160 e. The third-order valence-electron chi connectivity index (χ3n) is 3.92. The minimum atomic E-state index is 0.212. The maximum Gasteiger partial charge on any atom is 0.160 e. The van der Waals surface area contributed by atoms with Gasteiger partial charge >= 0.3 is 0 Å². The average Bonchev–Trinajstić information content (AvgIpc) is 2.81. The molecule has 0 N–H and O–H groups in total. The van der Waals surface area contributed by atoms with Crippen LogP contribution in [0.4, 0.5) is 0 Å². The lowest BCUT2D eigenvalue weighted by molar-refractivity contribution is 0.465. The summed E-state index contributed by atoms with van der Waals surface area (Å²) in [4.78, 5) is 9.13. The Kier molecular flexibility index (Phi) is 5.37. The largest absolute Gasteiger partial charge is 0.310 e. The Morgan fingerprint density at radius 1 is 1.40 bits per heavy atom. The van der Waals surface area contributed by atoms with Crippen molar-refractivity contribution in [1.29, 1.82) is 0 Å². The summed E-state index contributed by atoms with van der Waals surface area (Å²) >= 11 is 11.4. The van der Waals surface area contributed by atoms with Crippen molar-refractivity contribution in [3.63, 3.8) is 0 Å². The highest BCUT2D eigenvalue weighted by molar-refractivity contribution is 9.10. The van der Waals surface area contributed by atoms with E-state index in [0.29, 0.717) is 5.88 Å². The summed E-state index contributed by atoms with van der Waals surface area (Å²) in [6.07, 6.45) is 6.22. The van der Waals surface area contributed by atoms with E-state index in [-0.39, 0.29) is 4.75 Å². The lowest BCUT2D eigenvalue weighted by Gasteiger charge is -2.30. The van der Waals surface area contributed by atoms with Crippen molar-refractivity contribution in [2.75, 3.05) is 6.26 Å². The number of nitrogens with zero attached hydrogens (tertiary/aromatic N) is 3. The predicted molar refractivity (Wildman–Crippen MR) is 91.6 cm³/mol. The van der Waals surface area contributed by atoms with Gasteiger partial charge in [0.25, 0.3) is 0 Å². The lowest BCUT2D eigenvalue weighted by atomic mass is 10.0. The minimum absolute atomic E-state index is 0.212. The van der Waals surface area contributed by atoms with Crippen LogP contribution < -0.4 is 0 Å². The minimum Gasteiger partial charge on any atom is -0.310 e. The SMILES string of the molecule is CCC(CC)(Cn1c(CCl)nc2cc(Br)cnc21)SC. The number of alkyl halides is 1. The standard InChI is InChI=1S/C14H19BrClN3S/c1-4-14(5-2,20-3)9-19-12(7-16)18-11-6-10(15)8-17-13(11)19/h6,8H,4-5,7,9H2,1-3H3. The fourth-order valence-corrected chi connectivity index (χ4v) is 3.78. The van der Waals surface area contributed by atoms with Gasteiger partial charge in [0.15, 0.2) is 5.65 Å². The molecular weight excluding hydrogens is 358 g/mol. The zero-order chi connectivity index (χ0) is 14.8. The molecule has 2 rings (SSSR count). The molecule has 2 aromatic heterocycles. The molecule has 0 amide bonds. The van der Waals surface area contributed by atoms with Crippen molar-refractivity contribution in [2.24, 2.45) is 0 Å². The van der Waals surface area contributed by atoms with E-state index in [1.165, 1.54) is 0 Å². The van der Waals surface area contributed by atoms with Gasteiger partial charge in [-0.15, -0.1) is 11.6 Å². The van der Waals surface area contributed by atoms with E-state index < -0.39 is 0 Å². The summed E-state index contributed by atoms with van der Waals surface area (Å²) in [6.45, 7) is 5.38. The number of thioether (sulfide) groups is 1. The van der Waals surface area contributed by atoms with Crippen LogP contribution in [0.25, 0.3) is 11.2 Å². The Balaban J connectivity index is 2.52.